The van der Waals surface area contributed by atoms with Crippen LogP contribution in [0.3, 0.4) is 0 Å². The zero-order valence-electron chi connectivity index (χ0n) is 16.6. The number of carbonyl (C=O) groups is 2. The van der Waals surface area contributed by atoms with E-state index >= 15 is 0 Å². The number of Topliss-reactive ketones (excluding diaryl/α,β-unsaturated/α-hetero) is 1. The Morgan fingerprint density at radius 3 is 2.63 bits per heavy atom. The predicted octanol–water partition coefficient (Wildman–Crippen LogP) is 2.31. The van der Waals surface area contributed by atoms with Gasteiger partial charge in [0.05, 0.1) is 18.5 Å². The maximum Gasteiger partial charge on any atom is 0.360 e. The highest BCUT2D eigenvalue weighted by Crippen LogP contribution is 2.24. The van der Waals surface area contributed by atoms with Crippen molar-refractivity contribution in [3.05, 3.63) is 75.2 Å². The van der Waals surface area contributed by atoms with Crippen LogP contribution in [0, 0.1) is 0 Å². The summed E-state index contributed by atoms with van der Waals surface area (Å²) in [6.45, 7) is 1.18. The van der Waals surface area contributed by atoms with Gasteiger partial charge in [-0.3, -0.25) is 9.59 Å². The molecule has 30 heavy (non-hydrogen) atoms. The number of rotatable bonds is 6. The highest BCUT2D eigenvalue weighted by atomic mass is 16.5. The van der Waals surface area contributed by atoms with Crippen molar-refractivity contribution in [2.75, 3.05) is 6.61 Å². The quantitative estimate of drug-likeness (QED) is 0.498. The second kappa shape index (κ2) is 8.20. The lowest BCUT2D eigenvalue weighted by Gasteiger charge is -2.14. The highest BCUT2D eigenvalue weighted by Gasteiger charge is 2.25. The number of esters is 1. The lowest BCUT2D eigenvalue weighted by Crippen LogP contribution is -2.30. The smallest absolute Gasteiger partial charge is 0.360 e. The molecule has 154 valence electrons. The second-order valence-corrected chi connectivity index (χ2v) is 7.39. The van der Waals surface area contributed by atoms with E-state index in [0.29, 0.717) is 16.3 Å². The molecule has 0 unspecified atom stereocenters. The Kier molecular flexibility index (Phi) is 5.46. The molecule has 1 aromatic heterocycles. The third kappa shape index (κ3) is 3.64. The summed E-state index contributed by atoms with van der Waals surface area (Å²) in [5.74, 6) is -1.08. The van der Waals surface area contributed by atoms with Crippen molar-refractivity contribution in [1.82, 2.24) is 9.78 Å². The summed E-state index contributed by atoms with van der Waals surface area (Å²) in [6, 6.07) is 12.2. The van der Waals surface area contributed by atoms with Crippen LogP contribution in [0.25, 0.3) is 10.8 Å². The molecular weight excluding hydrogens is 384 g/mol. The van der Waals surface area contributed by atoms with E-state index in [-0.39, 0.29) is 24.6 Å². The van der Waals surface area contributed by atoms with Crippen LogP contribution in [-0.2, 0) is 24.1 Å². The van der Waals surface area contributed by atoms with E-state index in [2.05, 4.69) is 5.10 Å². The monoisotopic (exact) mass is 406 g/mol. The Morgan fingerprint density at radius 2 is 1.87 bits per heavy atom. The van der Waals surface area contributed by atoms with Crippen LogP contribution in [0.5, 0.6) is 0 Å². The van der Waals surface area contributed by atoms with Crippen molar-refractivity contribution >= 4 is 22.5 Å². The molecule has 4 rings (SSSR count). The highest BCUT2D eigenvalue weighted by molar-refractivity contribution is 6.05. The van der Waals surface area contributed by atoms with E-state index in [4.69, 9.17) is 4.74 Å². The van der Waals surface area contributed by atoms with Crippen molar-refractivity contribution in [2.45, 2.75) is 38.8 Å². The van der Waals surface area contributed by atoms with Gasteiger partial charge in [0.15, 0.2) is 11.8 Å². The molecule has 0 bridgehead atoms. The first kappa shape index (κ1) is 20.0. The number of ether oxygens (including phenoxy) is 1. The first-order valence-corrected chi connectivity index (χ1v) is 9.97. The molecule has 3 aromatic rings. The van der Waals surface area contributed by atoms with Crippen LogP contribution in [0.15, 0.2) is 47.3 Å². The van der Waals surface area contributed by atoms with Gasteiger partial charge in [-0.25, -0.2) is 9.48 Å². The second-order valence-electron chi connectivity index (χ2n) is 7.39. The third-order valence-electron chi connectivity index (χ3n) is 5.41. The molecule has 2 aromatic carbocycles. The molecule has 0 aliphatic heterocycles. The van der Waals surface area contributed by atoms with Crippen molar-refractivity contribution in [2.24, 2.45) is 0 Å². The lowest BCUT2D eigenvalue weighted by atomic mass is 10.0. The van der Waals surface area contributed by atoms with E-state index in [9.17, 15) is 19.5 Å². The van der Waals surface area contributed by atoms with Gasteiger partial charge in [0.1, 0.15) is 0 Å². The number of aliphatic hydroxyl groups is 1. The average Bonchev–Trinajstić information content (AvgIpc) is 3.23. The molecule has 1 atom stereocenters. The van der Waals surface area contributed by atoms with Crippen molar-refractivity contribution in [3.63, 3.8) is 0 Å². The number of aliphatic hydroxyl groups excluding tert-OH is 1. The summed E-state index contributed by atoms with van der Waals surface area (Å²) in [5.41, 5.74) is 2.48. The number of ketones is 1. The fourth-order valence-electron chi connectivity index (χ4n) is 3.86. The molecule has 0 saturated heterocycles. The molecule has 0 amide bonds. The molecule has 7 nitrogen and oxygen atoms in total. The van der Waals surface area contributed by atoms with E-state index in [1.807, 2.05) is 12.1 Å². The molecule has 7 heteroatoms. The molecule has 1 aliphatic carbocycles. The predicted molar refractivity (Wildman–Crippen MR) is 111 cm³/mol. The van der Waals surface area contributed by atoms with Crippen molar-refractivity contribution < 1.29 is 19.4 Å². The van der Waals surface area contributed by atoms with Crippen LogP contribution >= 0.6 is 0 Å². The number of hydrogen-bond donors (Lipinski definition) is 1. The van der Waals surface area contributed by atoms with E-state index in [1.165, 1.54) is 18.1 Å². The number of aromatic nitrogens is 2. The van der Waals surface area contributed by atoms with Crippen LogP contribution in [0.2, 0.25) is 0 Å². The summed E-state index contributed by atoms with van der Waals surface area (Å²) >= 11 is 0. The van der Waals surface area contributed by atoms with Gasteiger partial charge in [0.2, 0.25) is 5.78 Å². The number of benzene rings is 2. The van der Waals surface area contributed by atoms with Gasteiger partial charge in [-0.1, -0.05) is 30.3 Å². The number of fused-ring (bicyclic) bond motifs is 2. The van der Waals surface area contributed by atoms with Crippen LogP contribution in [0.4, 0.5) is 0 Å². The Hall–Kier alpha value is -3.32. The topological polar surface area (TPSA) is 98.5 Å². The van der Waals surface area contributed by atoms with Crippen molar-refractivity contribution in [1.29, 1.82) is 0 Å². The molecular formula is C23H22N2O5. The molecule has 1 N–H and O–H groups in total. The van der Waals surface area contributed by atoms with E-state index in [1.54, 1.807) is 30.3 Å². The Labute approximate surface area is 172 Å². The summed E-state index contributed by atoms with van der Waals surface area (Å²) in [5, 5.41) is 13.9. The molecule has 1 heterocycles. The van der Waals surface area contributed by atoms with Gasteiger partial charge in [-0.2, -0.15) is 5.10 Å². The fourth-order valence-corrected chi connectivity index (χ4v) is 3.86. The number of aryl methyl sites for hydroxylation is 2. The van der Waals surface area contributed by atoms with E-state index in [0.717, 1.165) is 23.9 Å². The maximum atomic E-state index is 12.8. The summed E-state index contributed by atoms with van der Waals surface area (Å²) in [4.78, 5) is 38.1. The van der Waals surface area contributed by atoms with Crippen LogP contribution in [0.1, 0.15) is 45.3 Å². The van der Waals surface area contributed by atoms with E-state index < -0.39 is 17.6 Å². The first-order chi connectivity index (χ1) is 14.5. The summed E-state index contributed by atoms with van der Waals surface area (Å²) in [7, 11) is 0. The molecule has 1 aliphatic rings. The summed E-state index contributed by atoms with van der Waals surface area (Å²) < 4.78 is 6.46. The van der Waals surface area contributed by atoms with Crippen LogP contribution in [-0.4, -0.2) is 39.4 Å². The molecule has 0 radical (unpaired) electrons. The number of nitrogens with zero attached hydrogens (tertiary/aromatic N) is 2. The third-order valence-corrected chi connectivity index (χ3v) is 5.41. The SMILES string of the molecule is C[C@@H](OC(=O)c1nn(CCO)c(=O)c2ccccc12)C(=O)c1ccc2c(c1)CCC2. The Bertz CT molecular complexity index is 1200. The minimum atomic E-state index is -1.00. The molecule has 0 fully saturated rings. The largest absolute Gasteiger partial charge is 0.449 e. The molecule has 0 spiro atoms. The van der Waals surface area contributed by atoms with Crippen LogP contribution < -0.4 is 5.56 Å². The Morgan fingerprint density at radius 1 is 1.13 bits per heavy atom. The van der Waals surface area contributed by atoms with Gasteiger partial charge < -0.3 is 9.84 Å². The average molecular weight is 406 g/mol. The zero-order valence-corrected chi connectivity index (χ0v) is 16.6. The minimum Gasteiger partial charge on any atom is -0.449 e. The normalized spacial score (nSPS) is 13.8. The zero-order chi connectivity index (χ0) is 21.3. The standard InChI is InChI=1S/C23H22N2O5/c1-14(21(27)17-10-9-15-5-4-6-16(15)13-17)30-23(29)20-18-7-2-3-8-19(18)22(28)25(24-20)11-12-26/h2-3,7-10,13-14,26H,4-6,11-12H2,1H3/t14-/m1/s1. The van der Waals surface area contributed by atoms with Gasteiger partial charge in [0.25, 0.3) is 5.56 Å². The fraction of sp³-hybridized carbons (Fsp3) is 0.304. The van der Waals surface area contributed by atoms with Gasteiger partial charge in [-0.05, 0) is 49.4 Å². The number of hydrogen-bond acceptors (Lipinski definition) is 6. The first-order valence-electron chi connectivity index (χ1n) is 9.97. The van der Waals surface area contributed by atoms with Crippen molar-refractivity contribution in [3.8, 4) is 0 Å². The lowest BCUT2D eigenvalue weighted by molar-refractivity contribution is 0.0312. The van der Waals surface area contributed by atoms with Gasteiger partial charge >= 0.3 is 5.97 Å². The molecule has 0 saturated carbocycles. The van der Waals surface area contributed by atoms with Gasteiger partial charge in [0, 0.05) is 10.9 Å². The minimum absolute atomic E-state index is 0.0481. The van der Waals surface area contributed by atoms with Gasteiger partial charge in [-0.15, -0.1) is 0 Å². The summed E-state index contributed by atoms with van der Waals surface area (Å²) in [6.07, 6.45) is 2.05. The number of carbonyl (C=O) groups excluding carboxylic acids is 2. The Balaban J connectivity index is 1.62. The maximum absolute atomic E-state index is 12.8.